The summed E-state index contributed by atoms with van der Waals surface area (Å²) in [6, 6.07) is 4.70. The maximum atomic E-state index is 13.1. The largest absolute Gasteiger partial charge is 0.381 e. The summed E-state index contributed by atoms with van der Waals surface area (Å²) in [6.45, 7) is 2.27. The van der Waals surface area contributed by atoms with Crippen molar-refractivity contribution in [3.63, 3.8) is 0 Å². The molecule has 2 rings (SSSR count). The van der Waals surface area contributed by atoms with Crippen LogP contribution in [0, 0.1) is 12.7 Å². The van der Waals surface area contributed by atoms with Gasteiger partial charge in [-0.15, -0.1) is 5.10 Å². The molecule has 2 N–H and O–H groups in total. The van der Waals surface area contributed by atoms with E-state index in [0.717, 1.165) is 11.3 Å². The number of nitrogen functional groups attached to an aromatic ring is 1. The first kappa shape index (κ1) is 11.1. The first-order valence-corrected chi connectivity index (χ1v) is 5.46. The van der Waals surface area contributed by atoms with E-state index in [-0.39, 0.29) is 5.82 Å². The number of rotatable bonds is 2. The highest BCUT2D eigenvalue weighted by Crippen LogP contribution is 2.16. The van der Waals surface area contributed by atoms with E-state index < -0.39 is 0 Å². The molecule has 6 heteroatoms. The van der Waals surface area contributed by atoms with Crippen LogP contribution >= 0.6 is 15.9 Å². The van der Waals surface area contributed by atoms with Gasteiger partial charge in [0.2, 0.25) is 0 Å². The van der Waals surface area contributed by atoms with E-state index in [2.05, 4.69) is 26.2 Å². The predicted octanol–water partition coefficient (Wildman–Crippen LogP) is 2.12. The zero-order chi connectivity index (χ0) is 11.7. The molecule has 0 amide bonds. The molecule has 2 aromatic rings. The number of nitrogens with two attached hydrogens (primary N) is 1. The van der Waals surface area contributed by atoms with Gasteiger partial charge in [-0.1, -0.05) is 21.1 Å². The molecule has 0 saturated heterocycles. The van der Waals surface area contributed by atoms with Crippen molar-refractivity contribution in [2.24, 2.45) is 0 Å². The van der Waals surface area contributed by atoms with Crippen molar-refractivity contribution >= 4 is 21.7 Å². The molecule has 0 unspecified atom stereocenters. The van der Waals surface area contributed by atoms with Crippen LogP contribution in [0.2, 0.25) is 0 Å². The van der Waals surface area contributed by atoms with Crippen LogP contribution in [0.3, 0.4) is 0 Å². The van der Waals surface area contributed by atoms with Gasteiger partial charge < -0.3 is 5.73 Å². The Morgan fingerprint density at radius 2 is 2.19 bits per heavy atom. The van der Waals surface area contributed by atoms with E-state index in [9.17, 15) is 4.39 Å². The van der Waals surface area contributed by atoms with Gasteiger partial charge in [-0.25, -0.2) is 9.07 Å². The number of nitrogens with zero attached hydrogens (tertiary/aromatic N) is 3. The predicted molar refractivity (Wildman–Crippen MR) is 62.4 cm³/mol. The molecule has 0 aliphatic heterocycles. The maximum absolute atomic E-state index is 13.1. The van der Waals surface area contributed by atoms with Crippen LogP contribution in [-0.4, -0.2) is 15.0 Å². The van der Waals surface area contributed by atoms with Crippen LogP contribution in [0.25, 0.3) is 0 Å². The monoisotopic (exact) mass is 284 g/mol. The average Bonchev–Trinajstić information content (AvgIpc) is 2.48. The van der Waals surface area contributed by atoms with Crippen molar-refractivity contribution in [3.8, 4) is 0 Å². The Labute approximate surface area is 100 Å². The molecule has 1 heterocycles. The highest BCUT2D eigenvalue weighted by molar-refractivity contribution is 9.10. The van der Waals surface area contributed by atoms with Crippen LogP contribution in [0.4, 0.5) is 10.2 Å². The lowest BCUT2D eigenvalue weighted by Gasteiger charge is -2.04. The molecule has 0 bridgehead atoms. The van der Waals surface area contributed by atoms with Crippen molar-refractivity contribution in [1.82, 2.24) is 15.0 Å². The molecule has 0 fully saturated rings. The van der Waals surface area contributed by atoms with E-state index in [1.807, 2.05) is 13.0 Å². The third-order valence-electron chi connectivity index (χ3n) is 2.27. The molecule has 1 aromatic carbocycles. The molecule has 0 aliphatic carbocycles. The number of benzene rings is 1. The smallest absolute Gasteiger partial charge is 0.168 e. The van der Waals surface area contributed by atoms with Gasteiger partial charge in [-0.2, -0.15) is 0 Å². The molecule has 0 spiro atoms. The van der Waals surface area contributed by atoms with Gasteiger partial charge in [0.15, 0.2) is 5.82 Å². The summed E-state index contributed by atoms with van der Waals surface area (Å²) in [6.07, 6.45) is 0. The molecule has 0 saturated carbocycles. The fourth-order valence-corrected chi connectivity index (χ4v) is 1.91. The molecule has 16 heavy (non-hydrogen) atoms. The summed E-state index contributed by atoms with van der Waals surface area (Å²) in [5, 5.41) is 7.62. The van der Waals surface area contributed by atoms with Gasteiger partial charge >= 0.3 is 0 Å². The lowest BCUT2D eigenvalue weighted by molar-refractivity contribution is 0.608. The van der Waals surface area contributed by atoms with E-state index in [1.54, 1.807) is 4.68 Å². The SMILES string of the molecule is Cc1c(N)nnn1Cc1cc(F)cc(Br)c1. The van der Waals surface area contributed by atoms with E-state index in [4.69, 9.17) is 5.73 Å². The minimum Gasteiger partial charge on any atom is -0.381 e. The summed E-state index contributed by atoms with van der Waals surface area (Å²) in [5.41, 5.74) is 7.16. The Morgan fingerprint density at radius 1 is 1.44 bits per heavy atom. The van der Waals surface area contributed by atoms with Crippen molar-refractivity contribution < 1.29 is 4.39 Å². The Morgan fingerprint density at radius 3 is 2.75 bits per heavy atom. The van der Waals surface area contributed by atoms with Crippen LogP contribution in [-0.2, 0) is 6.54 Å². The maximum Gasteiger partial charge on any atom is 0.168 e. The van der Waals surface area contributed by atoms with Crippen molar-refractivity contribution in [3.05, 3.63) is 39.7 Å². The lowest BCUT2D eigenvalue weighted by atomic mass is 10.2. The van der Waals surface area contributed by atoms with Crippen LogP contribution in [0.15, 0.2) is 22.7 Å². The minimum absolute atomic E-state index is 0.282. The standard InChI is InChI=1S/C10H10BrFN4/c1-6-10(13)14-15-16(6)5-7-2-8(11)4-9(12)3-7/h2-4H,5,13H2,1H3. The van der Waals surface area contributed by atoms with Gasteiger partial charge in [0, 0.05) is 4.47 Å². The summed E-state index contributed by atoms with van der Waals surface area (Å²) >= 11 is 3.24. The number of hydrogen-bond acceptors (Lipinski definition) is 3. The van der Waals surface area contributed by atoms with Crippen LogP contribution in [0.5, 0.6) is 0 Å². The van der Waals surface area contributed by atoms with Crippen LogP contribution < -0.4 is 5.73 Å². The Hall–Kier alpha value is -1.43. The second kappa shape index (κ2) is 4.21. The highest BCUT2D eigenvalue weighted by Gasteiger charge is 2.06. The molecule has 4 nitrogen and oxygen atoms in total. The molecular weight excluding hydrogens is 275 g/mol. The molecule has 0 atom stereocenters. The van der Waals surface area contributed by atoms with E-state index in [0.29, 0.717) is 16.8 Å². The Bertz CT molecular complexity index is 503. The first-order valence-electron chi connectivity index (χ1n) is 4.67. The topological polar surface area (TPSA) is 56.7 Å². The van der Waals surface area contributed by atoms with Gasteiger partial charge in [0.1, 0.15) is 5.82 Å². The highest BCUT2D eigenvalue weighted by atomic mass is 79.9. The molecule has 84 valence electrons. The summed E-state index contributed by atoms with van der Waals surface area (Å²) in [5.74, 6) is 0.116. The lowest BCUT2D eigenvalue weighted by Crippen LogP contribution is -2.04. The first-order chi connectivity index (χ1) is 7.56. The fourth-order valence-electron chi connectivity index (χ4n) is 1.40. The fraction of sp³-hybridized carbons (Fsp3) is 0.200. The van der Waals surface area contributed by atoms with Crippen molar-refractivity contribution in [2.45, 2.75) is 13.5 Å². The summed E-state index contributed by atoms with van der Waals surface area (Å²) in [4.78, 5) is 0. The molecular formula is C10H10BrFN4. The Balaban J connectivity index is 2.30. The summed E-state index contributed by atoms with van der Waals surface area (Å²) < 4.78 is 15.5. The molecule has 1 aromatic heterocycles. The third kappa shape index (κ3) is 2.21. The van der Waals surface area contributed by atoms with E-state index >= 15 is 0 Å². The van der Waals surface area contributed by atoms with Gasteiger partial charge in [-0.05, 0) is 30.7 Å². The van der Waals surface area contributed by atoms with Gasteiger partial charge in [0.25, 0.3) is 0 Å². The second-order valence-electron chi connectivity index (χ2n) is 3.50. The van der Waals surface area contributed by atoms with Gasteiger partial charge in [-0.3, -0.25) is 0 Å². The number of hydrogen-bond donors (Lipinski definition) is 1. The number of aromatic nitrogens is 3. The Kier molecular flexibility index (Phi) is 2.91. The third-order valence-corrected chi connectivity index (χ3v) is 2.73. The minimum atomic E-state index is -0.282. The van der Waals surface area contributed by atoms with Crippen molar-refractivity contribution in [2.75, 3.05) is 5.73 Å². The summed E-state index contributed by atoms with van der Waals surface area (Å²) in [7, 11) is 0. The molecule has 0 aliphatic rings. The number of anilines is 1. The van der Waals surface area contributed by atoms with Crippen molar-refractivity contribution in [1.29, 1.82) is 0 Å². The van der Waals surface area contributed by atoms with E-state index in [1.165, 1.54) is 12.1 Å². The quantitative estimate of drug-likeness (QED) is 0.919. The normalized spacial score (nSPS) is 10.7. The second-order valence-corrected chi connectivity index (χ2v) is 4.41. The molecule has 0 radical (unpaired) electrons. The zero-order valence-corrected chi connectivity index (χ0v) is 10.2. The number of halogens is 2. The van der Waals surface area contributed by atoms with Gasteiger partial charge in [0.05, 0.1) is 12.2 Å². The zero-order valence-electron chi connectivity index (χ0n) is 8.61. The van der Waals surface area contributed by atoms with Crippen LogP contribution in [0.1, 0.15) is 11.3 Å². The average molecular weight is 285 g/mol.